The van der Waals surface area contributed by atoms with Gasteiger partial charge in [-0.05, 0) is 35.3 Å². The van der Waals surface area contributed by atoms with Gasteiger partial charge < -0.3 is 10.6 Å². The fraction of sp³-hybridized carbons (Fsp3) is 0.400. The van der Waals surface area contributed by atoms with Gasteiger partial charge in [0.05, 0.1) is 15.8 Å². The van der Waals surface area contributed by atoms with Crippen molar-refractivity contribution in [2.24, 2.45) is 0 Å². The lowest BCUT2D eigenvalue weighted by Crippen LogP contribution is -2.14. The summed E-state index contributed by atoms with van der Waals surface area (Å²) in [6.07, 6.45) is 1.04. The zero-order valence-electron chi connectivity index (χ0n) is 7.90. The van der Waals surface area contributed by atoms with Gasteiger partial charge >= 0.3 is 0 Å². The van der Waals surface area contributed by atoms with E-state index in [1.807, 2.05) is 0 Å². The third-order valence-corrected chi connectivity index (χ3v) is 2.96. The number of benzene rings is 1. The van der Waals surface area contributed by atoms with Crippen LogP contribution in [0.2, 0.25) is 0 Å². The molecule has 2 N–H and O–H groups in total. The van der Waals surface area contributed by atoms with E-state index in [0.29, 0.717) is 10.5 Å². The first kappa shape index (κ1) is 9.77. The fourth-order valence-corrected chi connectivity index (χ4v) is 1.92. The Hall–Kier alpha value is -0.770. The highest BCUT2D eigenvalue weighted by Gasteiger charge is 2.13. The molecule has 1 aliphatic rings. The first-order valence-electron chi connectivity index (χ1n) is 4.66. The van der Waals surface area contributed by atoms with Gasteiger partial charge in [0.1, 0.15) is 5.82 Å². The molecule has 0 amide bonds. The Bertz CT molecular complexity index is 354. The largest absolute Gasteiger partial charge is 0.383 e. The molecule has 0 saturated carbocycles. The van der Waals surface area contributed by atoms with Gasteiger partial charge in [0, 0.05) is 18.7 Å². The molecule has 0 aromatic heterocycles. The van der Waals surface area contributed by atoms with Crippen molar-refractivity contribution in [1.82, 2.24) is 0 Å². The van der Waals surface area contributed by atoms with E-state index in [2.05, 4.69) is 33.5 Å². The summed E-state index contributed by atoms with van der Waals surface area (Å²) in [6.45, 7) is 3.01. The van der Waals surface area contributed by atoms with E-state index in [9.17, 15) is 4.39 Å². The van der Waals surface area contributed by atoms with Crippen LogP contribution in [0.1, 0.15) is 13.3 Å². The summed E-state index contributed by atoms with van der Waals surface area (Å²) in [5.41, 5.74) is 1.80. The molecule has 76 valence electrons. The van der Waals surface area contributed by atoms with E-state index in [0.717, 1.165) is 24.3 Å². The van der Waals surface area contributed by atoms with Crippen molar-refractivity contribution in [2.75, 3.05) is 17.2 Å². The zero-order chi connectivity index (χ0) is 10.1. The molecule has 0 saturated heterocycles. The zero-order valence-corrected chi connectivity index (χ0v) is 9.49. The first-order valence-corrected chi connectivity index (χ1v) is 5.45. The minimum Gasteiger partial charge on any atom is -0.383 e. The van der Waals surface area contributed by atoms with Gasteiger partial charge in [-0.1, -0.05) is 0 Å². The third kappa shape index (κ3) is 1.85. The van der Waals surface area contributed by atoms with Gasteiger partial charge in [-0.25, -0.2) is 4.39 Å². The highest BCUT2D eigenvalue weighted by molar-refractivity contribution is 9.10. The summed E-state index contributed by atoms with van der Waals surface area (Å²) in [6, 6.07) is 3.67. The predicted octanol–water partition coefficient (Wildman–Crippen LogP) is 3.20. The lowest BCUT2D eigenvalue weighted by atomic mass is 10.2. The minimum absolute atomic E-state index is 0.229. The van der Waals surface area contributed by atoms with Crippen LogP contribution >= 0.6 is 15.9 Å². The topological polar surface area (TPSA) is 24.1 Å². The van der Waals surface area contributed by atoms with Crippen molar-refractivity contribution in [1.29, 1.82) is 0 Å². The maximum atomic E-state index is 13.3. The van der Waals surface area contributed by atoms with Crippen LogP contribution in [0.3, 0.4) is 0 Å². The number of anilines is 2. The molecule has 0 fully saturated rings. The molecule has 4 heteroatoms. The highest BCUT2D eigenvalue weighted by Crippen LogP contribution is 2.31. The fourth-order valence-electron chi connectivity index (χ4n) is 1.57. The van der Waals surface area contributed by atoms with Crippen molar-refractivity contribution >= 4 is 27.3 Å². The molecular formula is C10H12BrFN2. The average molecular weight is 259 g/mol. The molecule has 14 heavy (non-hydrogen) atoms. The Morgan fingerprint density at radius 2 is 2.21 bits per heavy atom. The Kier molecular flexibility index (Phi) is 2.63. The van der Waals surface area contributed by atoms with Crippen LogP contribution in [0.5, 0.6) is 0 Å². The molecular weight excluding hydrogens is 247 g/mol. The Labute approximate surface area is 91.0 Å². The maximum absolute atomic E-state index is 13.3. The van der Waals surface area contributed by atoms with Gasteiger partial charge in [-0.3, -0.25) is 0 Å². The van der Waals surface area contributed by atoms with Crippen molar-refractivity contribution in [3.63, 3.8) is 0 Å². The Morgan fingerprint density at radius 1 is 1.43 bits per heavy atom. The summed E-state index contributed by atoms with van der Waals surface area (Å²) in [7, 11) is 0. The second-order valence-electron chi connectivity index (χ2n) is 3.57. The molecule has 2 nitrogen and oxygen atoms in total. The lowest BCUT2D eigenvalue weighted by Gasteiger charge is -2.12. The van der Waals surface area contributed by atoms with Gasteiger partial charge in [-0.15, -0.1) is 0 Å². The molecule has 1 aromatic rings. The van der Waals surface area contributed by atoms with Gasteiger partial charge in [-0.2, -0.15) is 0 Å². The second kappa shape index (κ2) is 3.77. The number of hydrogen-bond acceptors (Lipinski definition) is 2. The third-order valence-electron chi connectivity index (χ3n) is 2.36. The van der Waals surface area contributed by atoms with Crippen LogP contribution in [0.15, 0.2) is 16.6 Å². The Morgan fingerprint density at radius 3 is 3.00 bits per heavy atom. The second-order valence-corrected chi connectivity index (χ2v) is 4.43. The number of rotatable bonds is 0. The van der Waals surface area contributed by atoms with E-state index in [1.165, 1.54) is 6.07 Å². The quantitative estimate of drug-likeness (QED) is 0.747. The number of halogens is 2. The average Bonchev–Trinajstić information content (AvgIpc) is 2.28. The van der Waals surface area contributed by atoms with E-state index in [-0.39, 0.29) is 5.82 Å². The van der Waals surface area contributed by atoms with Crippen LogP contribution in [0, 0.1) is 5.82 Å². The standard InChI is InChI=1S/C10H12BrFN2/c1-6-2-3-13-9-4-7(11)8(12)5-10(9)14-6/h4-6,13-14H,2-3H2,1H3. The van der Waals surface area contributed by atoms with Gasteiger partial charge in [0.2, 0.25) is 0 Å². The number of hydrogen-bond donors (Lipinski definition) is 2. The van der Waals surface area contributed by atoms with E-state index in [4.69, 9.17) is 0 Å². The summed E-state index contributed by atoms with van der Waals surface area (Å²) >= 11 is 3.17. The Balaban J connectivity index is 2.41. The summed E-state index contributed by atoms with van der Waals surface area (Å²) in [5.74, 6) is -0.229. The van der Waals surface area contributed by atoms with Crippen LogP contribution < -0.4 is 10.6 Å². The summed E-state index contributed by atoms with van der Waals surface area (Å²) in [4.78, 5) is 0. The summed E-state index contributed by atoms with van der Waals surface area (Å²) < 4.78 is 13.8. The van der Waals surface area contributed by atoms with Crippen molar-refractivity contribution in [2.45, 2.75) is 19.4 Å². The summed E-state index contributed by atoms with van der Waals surface area (Å²) in [5, 5.41) is 6.53. The van der Waals surface area contributed by atoms with Crippen LogP contribution in [0.4, 0.5) is 15.8 Å². The van der Waals surface area contributed by atoms with Gasteiger partial charge in [0.25, 0.3) is 0 Å². The van der Waals surface area contributed by atoms with E-state index in [1.54, 1.807) is 6.07 Å². The smallest absolute Gasteiger partial charge is 0.139 e. The molecule has 0 aliphatic carbocycles. The highest BCUT2D eigenvalue weighted by atomic mass is 79.9. The van der Waals surface area contributed by atoms with Gasteiger partial charge in [0.15, 0.2) is 0 Å². The predicted molar refractivity (Wildman–Crippen MR) is 60.3 cm³/mol. The van der Waals surface area contributed by atoms with E-state index < -0.39 is 0 Å². The molecule has 0 bridgehead atoms. The van der Waals surface area contributed by atoms with Crippen molar-refractivity contribution < 1.29 is 4.39 Å². The van der Waals surface area contributed by atoms with Crippen molar-refractivity contribution in [3.8, 4) is 0 Å². The van der Waals surface area contributed by atoms with Crippen molar-refractivity contribution in [3.05, 3.63) is 22.4 Å². The minimum atomic E-state index is -0.229. The van der Waals surface area contributed by atoms with Crippen LogP contribution in [-0.2, 0) is 0 Å². The number of fused-ring (bicyclic) bond motifs is 1. The molecule has 2 rings (SSSR count). The number of nitrogens with one attached hydrogen (secondary N) is 2. The normalized spacial score (nSPS) is 20.4. The monoisotopic (exact) mass is 258 g/mol. The molecule has 0 radical (unpaired) electrons. The SMILES string of the molecule is CC1CCNc2cc(Br)c(F)cc2N1. The maximum Gasteiger partial charge on any atom is 0.139 e. The molecule has 1 heterocycles. The van der Waals surface area contributed by atoms with Crippen LogP contribution in [0.25, 0.3) is 0 Å². The first-order chi connectivity index (χ1) is 6.66. The molecule has 0 spiro atoms. The molecule has 1 aromatic carbocycles. The molecule has 1 unspecified atom stereocenters. The molecule has 1 atom stereocenters. The van der Waals surface area contributed by atoms with Crippen LogP contribution in [-0.4, -0.2) is 12.6 Å². The molecule has 1 aliphatic heterocycles. The lowest BCUT2D eigenvalue weighted by molar-refractivity contribution is 0.621. The van der Waals surface area contributed by atoms with E-state index >= 15 is 0 Å².